The van der Waals surface area contributed by atoms with E-state index in [1.165, 1.54) is 12.1 Å². The van der Waals surface area contributed by atoms with Crippen LogP contribution in [0.15, 0.2) is 17.0 Å². The third kappa shape index (κ3) is 3.30. The number of hydrogen-bond donors (Lipinski definition) is 2. The highest BCUT2D eigenvalue weighted by Crippen LogP contribution is 2.19. The Labute approximate surface area is 107 Å². The molecular formula is C12H18N2O3S. The minimum atomic E-state index is -3.80. The number of sulfonamides is 1. The lowest BCUT2D eigenvalue weighted by atomic mass is 10.0. The number of benzene rings is 1. The minimum Gasteiger partial charge on any atom is -0.352 e. The van der Waals surface area contributed by atoms with E-state index in [4.69, 9.17) is 5.14 Å². The molecule has 18 heavy (non-hydrogen) atoms. The number of aryl methyl sites for hydroxylation is 1. The lowest BCUT2D eigenvalue weighted by Crippen LogP contribution is -2.25. The van der Waals surface area contributed by atoms with Gasteiger partial charge in [0.1, 0.15) is 0 Å². The van der Waals surface area contributed by atoms with Crippen molar-refractivity contribution < 1.29 is 13.2 Å². The molecular weight excluding hydrogens is 252 g/mol. The van der Waals surface area contributed by atoms with Crippen LogP contribution in [0.1, 0.15) is 34.8 Å². The summed E-state index contributed by atoms with van der Waals surface area (Å²) >= 11 is 0. The van der Waals surface area contributed by atoms with Crippen molar-refractivity contribution in [3.63, 3.8) is 0 Å². The van der Waals surface area contributed by atoms with Crippen molar-refractivity contribution in [2.75, 3.05) is 6.54 Å². The smallest absolute Gasteiger partial charge is 0.251 e. The van der Waals surface area contributed by atoms with E-state index >= 15 is 0 Å². The summed E-state index contributed by atoms with van der Waals surface area (Å²) in [6, 6.07) is 2.80. The predicted molar refractivity (Wildman–Crippen MR) is 69.9 cm³/mol. The maximum absolute atomic E-state index is 11.9. The fourth-order valence-corrected chi connectivity index (χ4v) is 2.18. The number of carbonyl (C=O) groups is 1. The Morgan fingerprint density at radius 3 is 2.44 bits per heavy atom. The molecule has 0 unspecified atom stereocenters. The second kappa shape index (κ2) is 5.49. The summed E-state index contributed by atoms with van der Waals surface area (Å²) < 4.78 is 22.7. The second-order valence-electron chi connectivity index (χ2n) is 4.21. The average molecular weight is 270 g/mol. The van der Waals surface area contributed by atoms with Gasteiger partial charge in [-0.15, -0.1) is 0 Å². The highest BCUT2D eigenvalue weighted by Gasteiger charge is 2.16. The van der Waals surface area contributed by atoms with Gasteiger partial charge in [-0.05, 0) is 43.5 Å². The van der Waals surface area contributed by atoms with Crippen LogP contribution in [0.2, 0.25) is 0 Å². The van der Waals surface area contributed by atoms with Gasteiger partial charge >= 0.3 is 0 Å². The van der Waals surface area contributed by atoms with Crippen LogP contribution in [0.5, 0.6) is 0 Å². The van der Waals surface area contributed by atoms with Crippen LogP contribution < -0.4 is 10.5 Å². The molecule has 5 nitrogen and oxygen atoms in total. The molecule has 0 saturated carbocycles. The Morgan fingerprint density at radius 1 is 1.33 bits per heavy atom. The van der Waals surface area contributed by atoms with Crippen molar-refractivity contribution in [1.82, 2.24) is 5.32 Å². The number of rotatable bonds is 4. The van der Waals surface area contributed by atoms with Gasteiger partial charge < -0.3 is 5.32 Å². The van der Waals surface area contributed by atoms with E-state index in [1.54, 1.807) is 13.8 Å². The minimum absolute atomic E-state index is 0.0350. The van der Waals surface area contributed by atoms with E-state index in [0.717, 1.165) is 17.5 Å². The lowest BCUT2D eigenvalue weighted by molar-refractivity contribution is 0.0952. The number of primary sulfonamides is 1. The Morgan fingerprint density at radius 2 is 1.94 bits per heavy atom. The summed E-state index contributed by atoms with van der Waals surface area (Å²) in [5, 5.41) is 7.81. The standard InChI is InChI=1S/C12H18N2O3S/c1-4-5-14-12(15)11-7-10(18(13,16)17)6-8(2)9(11)3/h6-7H,4-5H2,1-3H3,(H,14,15)(H2,13,16,17). The van der Waals surface area contributed by atoms with Crippen LogP contribution in [-0.4, -0.2) is 20.9 Å². The summed E-state index contributed by atoms with van der Waals surface area (Å²) in [5.41, 5.74) is 1.84. The number of nitrogens with one attached hydrogen (secondary N) is 1. The van der Waals surface area contributed by atoms with Crippen LogP contribution in [0, 0.1) is 13.8 Å². The molecule has 0 heterocycles. The Kier molecular flexibility index (Phi) is 4.48. The largest absolute Gasteiger partial charge is 0.352 e. The molecule has 1 aromatic carbocycles. The van der Waals surface area contributed by atoms with Gasteiger partial charge in [-0.25, -0.2) is 13.6 Å². The highest BCUT2D eigenvalue weighted by molar-refractivity contribution is 7.89. The molecule has 3 N–H and O–H groups in total. The summed E-state index contributed by atoms with van der Waals surface area (Å²) in [7, 11) is -3.80. The maximum atomic E-state index is 11.9. The van der Waals surface area contributed by atoms with Crippen LogP contribution in [0.4, 0.5) is 0 Å². The summed E-state index contributed by atoms with van der Waals surface area (Å²) in [5.74, 6) is -0.275. The fraction of sp³-hybridized carbons (Fsp3) is 0.417. The van der Waals surface area contributed by atoms with Gasteiger partial charge in [0.05, 0.1) is 4.90 Å². The number of carbonyl (C=O) groups excluding carboxylic acids is 1. The van der Waals surface area contributed by atoms with E-state index in [1.807, 2.05) is 6.92 Å². The van der Waals surface area contributed by atoms with Gasteiger partial charge in [0.2, 0.25) is 10.0 Å². The molecule has 1 aromatic rings. The quantitative estimate of drug-likeness (QED) is 0.858. The highest BCUT2D eigenvalue weighted by atomic mass is 32.2. The molecule has 0 bridgehead atoms. The molecule has 0 radical (unpaired) electrons. The molecule has 6 heteroatoms. The van der Waals surface area contributed by atoms with Crippen molar-refractivity contribution in [2.45, 2.75) is 32.1 Å². The van der Waals surface area contributed by atoms with Crippen LogP contribution in [-0.2, 0) is 10.0 Å². The normalized spacial score (nSPS) is 11.3. The van der Waals surface area contributed by atoms with Gasteiger partial charge in [0.15, 0.2) is 0 Å². The summed E-state index contributed by atoms with van der Waals surface area (Å²) in [6.07, 6.45) is 0.818. The third-order valence-electron chi connectivity index (χ3n) is 2.75. The average Bonchev–Trinajstić information content (AvgIpc) is 2.27. The van der Waals surface area contributed by atoms with E-state index in [0.29, 0.717) is 12.1 Å². The van der Waals surface area contributed by atoms with Crippen molar-refractivity contribution >= 4 is 15.9 Å². The van der Waals surface area contributed by atoms with Crippen molar-refractivity contribution in [3.05, 3.63) is 28.8 Å². The first-order valence-corrected chi connectivity index (χ1v) is 7.24. The number of nitrogens with two attached hydrogens (primary N) is 1. The van der Waals surface area contributed by atoms with Crippen molar-refractivity contribution in [2.24, 2.45) is 5.14 Å². The topological polar surface area (TPSA) is 89.3 Å². The van der Waals surface area contributed by atoms with E-state index < -0.39 is 10.0 Å². The monoisotopic (exact) mass is 270 g/mol. The first kappa shape index (κ1) is 14.7. The molecule has 0 aliphatic carbocycles. The Bertz CT molecular complexity index is 565. The molecule has 1 amide bonds. The number of amides is 1. The van der Waals surface area contributed by atoms with Gasteiger partial charge in [-0.1, -0.05) is 6.92 Å². The van der Waals surface area contributed by atoms with Crippen LogP contribution in [0.25, 0.3) is 0 Å². The van der Waals surface area contributed by atoms with E-state index in [9.17, 15) is 13.2 Å². The predicted octanol–water partition coefficient (Wildman–Crippen LogP) is 1.09. The molecule has 0 aliphatic heterocycles. The first-order valence-electron chi connectivity index (χ1n) is 5.69. The van der Waals surface area contributed by atoms with E-state index in [-0.39, 0.29) is 10.8 Å². The summed E-state index contributed by atoms with van der Waals surface area (Å²) in [6.45, 7) is 6.03. The fourth-order valence-electron chi connectivity index (χ4n) is 1.56. The van der Waals surface area contributed by atoms with Gasteiger partial charge in [0.25, 0.3) is 5.91 Å². The molecule has 100 valence electrons. The first-order chi connectivity index (χ1) is 8.27. The number of hydrogen-bond acceptors (Lipinski definition) is 3. The van der Waals surface area contributed by atoms with E-state index in [2.05, 4.69) is 5.32 Å². The zero-order valence-corrected chi connectivity index (χ0v) is 11.6. The Hall–Kier alpha value is -1.40. The van der Waals surface area contributed by atoms with Crippen LogP contribution in [0.3, 0.4) is 0 Å². The van der Waals surface area contributed by atoms with Crippen molar-refractivity contribution in [1.29, 1.82) is 0 Å². The molecule has 1 rings (SSSR count). The molecule has 0 saturated heterocycles. The zero-order valence-electron chi connectivity index (χ0n) is 10.8. The Balaban J connectivity index is 3.27. The van der Waals surface area contributed by atoms with Crippen molar-refractivity contribution in [3.8, 4) is 0 Å². The van der Waals surface area contributed by atoms with Crippen LogP contribution >= 0.6 is 0 Å². The lowest BCUT2D eigenvalue weighted by Gasteiger charge is -2.11. The second-order valence-corrected chi connectivity index (χ2v) is 5.78. The molecule has 0 aliphatic rings. The van der Waals surface area contributed by atoms with Gasteiger partial charge in [-0.2, -0.15) is 0 Å². The molecule has 0 spiro atoms. The zero-order chi connectivity index (χ0) is 13.9. The SMILES string of the molecule is CCCNC(=O)c1cc(S(N)(=O)=O)cc(C)c1C. The maximum Gasteiger partial charge on any atom is 0.251 e. The van der Waals surface area contributed by atoms with Gasteiger partial charge in [0, 0.05) is 12.1 Å². The molecule has 0 atom stereocenters. The molecule has 0 aromatic heterocycles. The summed E-state index contributed by atoms with van der Waals surface area (Å²) in [4.78, 5) is 11.9. The molecule has 0 fully saturated rings. The third-order valence-corrected chi connectivity index (χ3v) is 3.64. The van der Waals surface area contributed by atoms with Gasteiger partial charge in [-0.3, -0.25) is 4.79 Å².